The Balaban J connectivity index is 1.90. The lowest BCUT2D eigenvalue weighted by Gasteiger charge is -2.21. The average Bonchev–Trinajstić information content (AvgIpc) is 3.42. The van der Waals surface area contributed by atoms with Gasteiger partial charge < -0.3 is 24.1 Å². The Morgan fingerprint density at radius 3 is 2.67 bits per heavy atom. The third-order valence-corrected chi connectivity index (χ3v) is 5.12. The Labute approximate surface area is 181 Å². The number of thiophene rings is 1. The molecule has 2 heterocycles. The standard InChI is InChI=1S/C21H31N3O5S/c1-3-27-11-6-9-22-21(26)18-16-29-19(23-18)15-24(10-7-12-28-4-2)20(25)14-17-8-5-13-30-17/h5,8,13,16H,3-4,6-7,9-12,14-15H2,1-2H3,(H,22,26). The van der Waals surface area contributed by atoms with Crippen molar-refractivity contribution in [2.24, 2.45) is 0 Å². The summed E-state index contributed by atoms with van der Waals surface area (Å²) in [5.74, 6) is 0.0359. The second-order valence-electron chi connectivity index (χ2n) is 6.55. The number of ether oxygens (including phenoxy) is 2. The molecular weight excluding hydrogens is 406 g/mol. The van der Waals surface area contributed by atoms with Crippen LogP contribution in [0.5, 0.6) is 0 Å². The van der Waals surface area contributed by atoms with E-state index < -0.39 is 0 Å². The molecule has 166 valence electrons. The van der Waals surface area contributed by atoms with Crippen LogP contribution in [0.4, 0.5) is 0 Å². The van der Waals surface area contributed by atoms with Gasteiger partial charge in [-0.05, 0) is 38.1 Å². The van der Waals surface area contributed by atoms with E-state index in [2.05, 4.69) is 10.3 Å². The third-order valence-electron chi connectivity index (χ3n) is 4.24. The SMILES string of the molecule is CCOCCCNC(=O)c1coc(CN(CCCOCC)C(=O)Cc2cccs2)n1. The van der Waals surface area contributed by atoms with Crippen molar-refractivity contribution in [3.8, 4) is 0 Å². The van der Waals surface area contributed by atoms with E-state index in [4.69, 9.17) is 13.9 Å². The van der Waals surface area contributed by atoms with E-state index >= 15 is 0 Å². The highest BCUT2D eigenvalue weighted by Gasteiger charge is 2.19. The molecule has 0 bridgehead atoms. The van der Waals surface area contributed by atoms with E-state index in [-0.39, 0.29) is 24.1 Å². The highest BCUT2D eigenvalue weighted by Crippen LogP contribution is 2.13. The Morgan fingerprint density at radius 1 is 1.20 bits per heavy atom. The first-order valence-corrected chi connectivity index (χ1v) is 11.2. The van der Waals surface area contributed by atoms with Gasteiger partial charge in [0.1, 0.15) is 6.26 Å². The molecule has 2 rings (SSSR count). The molecule has 1 N–H and O–H groups in total. The van der Waals surface area contributed by atoms with Crippen molar-refractivity contribution in [2.45, 2.75) is 39.7 Å². The molecular formula is C21H31N3O5S. The maximum Gasteiger partial charge on any atom is 0.273 e. The molecule has 0 atom stereocenters. The zero-order valence-corrected chi connectivity index (χ0v) is 18.5. The fraction of sp³-hybridized carbons (Fsp3) is 0.571. The van der Waals surface area contributed by atoms with Gasteiger partial charge in [0.05, 0.1) is 13.0 Å². The molecule has 2 aromatic heterocycles. The van der Waals surface area contributed by atoms with Gasteiger partial charge in [0, 0.05) is 44.4 Å². The van der Waals surface area contributed by atoms with Gasteiger partial charge in [-0.3, -0.25) is 9.59 Å². The van der Waals surface area contributed by atoms with E-state index in [0.717, 1.165) is 17.7 Å². The van der Waals surface area contributed by atoms with Gasteiger partial charge in [-0.2, -0.15) is 0 Å². The lowest BCUT2D eigenvalue weighted by Crippen LogP contribution is -2.33. The minimum Gasteiger partial charge on any atom is -0.446 e. The molecule has 0 aliphatic carbocycles. The van der Waals surface area contributed by atoms with Crippen molar-refractivity contribution in [1.82, 2.24) is 15.2 Å². The first kappa shape index (κ1) is 24.0. The fourth-order valence-electron chi connectivity index (χ4n) is 2.73. The van der Waals surface area contributed by atoms with E-state index in [1.54, 1.807) is 16.2 Å². The largest absolute Gasteiger partial charge is 0.446 e. The minimum atomic E-state index is -0.297. The van der Waals surface area contributed by atoms with E-state index in [0.29, 0.717) is 51.8 Å². The maximum absolute atomic E-state index is 12.8. The molecule has 0 aliphatic rings. The number of carbonyl (C=O) groups excluding carboxylic acids is 2. The highest BCUT2D eigenvalue weighted by molar-refractivity contribution is 7.10. The predicted octanol–water partition coefficient (Wildman–Crippen LogP) is 2.89. The molecule has 0 saturated carbocycles. The Bertz CT molecular complexity index is 748. The van der Waals surface area contributed by atoms with Gasteiger partial charge in [0.25, 0.3) is 5.91 Å². The normalized spacial score (nSPS) is 10.9. The molecule has 2 aromatic rings. The number of aromatic nitrogens is 1. The second kappa shape index (κ2) is 13.9. The molecule has 9 heteroatoms. The summed E-state index contributed by atoms with van der Waals surface area (Å²) in [6.07, 6.45) is 3.11. The first-order valence-electron chi connectivity index (χ1n) is 10.3. The van der Waals surface area contributed by atoms with Crippen LogP contribution >= 0.6 is 11.3 Å². The van der Waals surface area contributed by atoms with E-state index in [1.807, 2.05) is 31.4 Å². The van der Waals surface area contributed by atoms with Crippen LogP contribution in [0.1, 0.15) is 47.9 Å². The Kier molecular flexibility index (Phi) is 11.1. The smallest absolute Gasteiger partial charge is 0.273 e. The van der Waals surface area contributed by atoms with Crippen LogP contribution in [-0.4, -0.2) is 61.2 Å². The van der Waals surface area contributed by atoms with Gasteiger partial charge in [-0.1, -0.05) is 6.07 Å². The van der Waals surface area contributed by atoms with Gasteiger partial charge in [-0.25, -0.2) is 4.98 Å². The predicted molar refractivity (Wildman–Crippen MR) is 114 cm³/mol. The van der Waals surface area contributed by atoms with Gasteiger partial charge in [0.2, 0.25) is 11.8 Å². The number of amides is 2. The summed E-state index contributed by atoms with van der Waals surface area (Å²) >= 11 is 1.55. The van der Waals surface area contributed by atoms with Gasteiger partial charge in [0.15, 0.2) is 5.69 Å². The van der Waals surface area contributed by atoms with Crippen LogP contribution in [0, 0.1) is 0 Å². The van der Waals surface area contributed by atoms with Crippen LogP contribution in [0.25, 0.3) is 0 Å². The summed E-state index contributed by atoms with van der Waals surface area (Å²) in [6, 6.07) is 3.88. The van der Waals surface area contributed by atoms with Gasteiger partial charge in [-0.15, -0.1) is 11.3 Å². The molecule has 0 spiro atoms. The lowest BCUT2D eigenvalue weighted by molar-refractivity contribution is -0.131. The molecule has 0 fully saturated rings. The highest BCUT2D eigenvalue weighted by atomic mass is 32.1. The van der Waals surface area contributed by atoms with Crippen molar-refractivity contribution >= 4 is 23.2 Å². The summed E-state index contributed by atoms with van der Waals surface area (Å²) in [5.41, 5.74) is 0.210. The van der Waals surface area contributed by atoms with Crippen molar-refractivity contribution in [1.29, 1.82) is 0 Å². The number of rotatable bonds is 15. The quantitative estimate of drug-likeness (QED) is 0.431. The van der Waals surface area contributed by atoms with Crippen molar-refractivity contribution in [3.63, 3.8) is 0 Å². The van der Waals surface area contributed by atoms with Crippen LogP contribution in [0.15, 0.2) is 28.2 Å². The number of hydrogen-bond acceptors (Lipinski definition) is 7. The molecule has 0 saturated heterocycles. The molecule has 0 aliphatic heterocycles. The Morgan fingerprint density at radius 2 is 1.97 bits per heavy atom. The number of hydrogen-bond donors (Lipinski definition) is 1. The van der Waals surface area contributed by atoms with Crippen molar-refractivity contribution < 1.29 is 23.5 Å². The zero-order valence-electron chi connectivity index (χ0n) is 17.7. The van der Waals surface area contributed by atoms with Crippen LogP contribution in [0.2, 0.25) is 0 Å². The summed E-state index contributed by atoms with van der Waals surface area (Å²) in [4.78, 5) is 31.9. The number of nitrogens with zero attached hydrogens (tertiary/aromatic N) is 2. The molecule has 0 radical (unpaired) electrons. The van der Waals surface area contributed by atoms with E-state index in [9.17, 15) is 9.59 Å². The van der Waals surface area contributed by atoms with Crippen LogP contribution < -0.4 is 5.32 Å². The summed E-state index contributed by atoms with van der Waals surface area (Å²) in [7, 11) is 0. The van der Waals surface area contributed by atoms with Crippen LogP contribution in [0.3, 0.4) is 0 Å². The summed E-state index contributed by atoms with van der Waals surface area (Å²) in [6.45, 7) is 7.61. The van der Waals surface area contributed by atoms with Crippen molar-refractivity contribution in [3.05, 3.63) is 40.2 Å². The second-order valence-corrected chi connectivity index (χ2v) is 7.59. The molecule has 30 heavy (non-hydrogen) atoms. The molecule has 2 amide bonds. The number of nitrogens with one attached hydrogen (secondary N) is 1. The fourth-order valence-corrected chi connectivity index (χ4v) is 3.43. The lowest BCUT2D eigenvalue weighted by atomic mass is 10.3. The number of carbonyl (C=O) groups is 2. The monoisotopic (exact) mass is 437 g/mol. The summed E-state index contributed by atoms with van der Waals surface area (Å²) in [5, 5.41) is 4.74. The molecule has 8 nitrogen and oxygen atoms in total. The van der Waals surface area contributed by atoms with Crippen LogP contribution in [-0.2, 0) is 27.2 Å². The van der Waals surface area contributed by atoms with Crippen molar-refractivity contribution in [2.75, 3.05) is 39.5 Å². The topological polar surface area (TPSA) is 93.9 Å². The first-order chi connectivity index (χ1) is 14.6. The molecule has 0 aromatic carbocycles. The molecule has 0 unspecified atom stereocenters. The summed E-state index contributed by atoms with van der Waals surface area (Å²) < 4.78 is 16.1. The zero-order chi connectivity index (χ0) is 21.6. The number of oxazole rings is 1. The van der Waals surface area contributed by atoms with Gasteiger partial charge >= 0.3 is 0 Å². The average molecular weight is 438 g/mol. The minimum absolute atomic E-state index is 0.00549. The third kappa shape index (κ3) is 8.64. The Hall–Kier alpha value is -2.23. The maximum atomic E-state index is 12.8. The van der Waals surface area contributed by atoms with E-state index in [1.165, 1.54) is 6.26 Å².